The molecule has 2 heterocycles. The first kappa shape index (κ1) is 12.1. The Morgan fingerprint density at radius 3 is 2.80 bits per heavy atom. The van der Waals surface area contributed by atoms with Crippen molar-refractivity contribution < 1.29 is 0 Å². The maximum atomic E-state index is 4.32. The van der Waals surface area contributed by atoms with Crippen molar-refractivity contribution in [2.24, 2.45) is 0 Å². The van der Waals surface area contributed by atoms with Crippen LogP contribution in [0, 0.1) is 0 Å². The lowest BCUT2D eigenvalue weighted by atomic mass is 9.86. The summed E-state index contributed by atoms with van der Waals surface area (Å²) in [6.45, 7) is 2.23. The number of fused-ring (bicyclic) bond motifs is 3. The molecule has 0 bridgehead atoms. The average Bonchev–Trinajstić information content (AvgIpc) is 2.79. The molecule has 0 radical (unpaired) electrons. The van der Waals surface area contributed by atoms with Crippen molar-refractivity contribution >= 4 is 0 Å². The van der Waals surface area contributed by atoms with Crippen LogP contribution >= 0.6 is 0 Å². The van der Waals surface area contributed by atoms with Gasteiger partial charge in [0, 0.05) is 18.3 Å². The van der Waals surface area contributed by atoms with E-state index in [0.717, 1.165) is 13.1 Å². The quantitative estimate of drug-likeness (QED) is 0.856. The van der Waals surface area contributed by atoms with Gasteiger partial charge in [-0.25, -0.2) is 0 Å². The van der Waals surface area contributed by atoms with Crippen molar-refractivity contribution in [3.63, 3.8) is 0 Å². The van der Waals surface area contributed by atoms with Crippen molar-refractivity contribution in [3.05, 3.63) is 64.5 Å². The number of rotatable bonds is 1. The minimum atomic E-state index is 0.562. The SMILES string of the molecule is c1cncc(C2CCc3ccc4c(c32)CCNCC4)c1. The number of pyridine rings is 1. The molecule has 0 amide bonds. The van der Waals surface area contributed by atoms with Crippen LogP contribution in [-0.2, 0) is 19.3 Å². The summed E-state index contributed by atoms with van der Waals surface area (Å²) in [4.78, 5) is 4.32. The second-order valence-corrected chi connectivity index (χ2v) is 5.90. The first-order valence-electron chi connectivity index (χ1n) is 7.67. The summed E-state index contributed by atoms with van der Waals surface area (Å²) >= 11 is 0. The van der Waals surface area contributed by atoms with Gasteiger partial charge in [0.05, 0.1) is 0 Å². The molecule has 2 nitrogen and oxygen atoms in total. The summed E-state index contributed by atoms with van der Waals surface area (Å²) in [6.07, 6.45) is 8.72. The van der Waals surface area contributed by atoms with Crippen LogP contribution in [0.15, 0.2) is 36.7 Å². The number of hydrogen-bond acceptors (Lipinski definition) is 2. The highest BCUT2D eigenvalue weighted by Gasteiger charge is 2.28. The summed E-state index contributed by atoms with van der Waals surface area (Å²) < 4.78 is 0. The molecule has 0 spiro atoms. The van der Waals surface area contributed by atoms with E-state index in [1.165, 1.54) is 31.2 Å². The molecule has 20 heavy (non-hydrogen) atoms. The normalized spacial score (nSPS) is 21.1. The third-order valence-electron chi connectivity index (χ3n) is 4.80. The molecule has 2 aliphatic rings. The van der Waals surface area contributed by atoms with Gasteiger partial charge < -0.3 is 5.32 Å². The Morgan fingerprint density at radius 2 is 1.90 bits per heavy atom. The number of aromatic nitrogens is 1. The Balaban J connectivity index is 1.84. The van der Waals surface area contributed by atoms with Crippen LogP contribution in [0.4, 0.5) is 0 Å². The fourth-order valence-corrected chi connectivity index (χ4v) is 3.86. The van der Waals surface area contributed by atoms with Gasteiger partial charge in [-0.2, -0.15) is 0 Å². The molecule has 0 saturated heterocycles. The Bertz CT molecular complexity index is 619. The van der Waals surface area contributed by atoms with Gasteiger partial charge in [-0.3, -0.25) is 4.98 Å². The number of aryl methyl sites for hydroxylation is 1. The zero-order chi connectivity index (χ0) is 13.4. The molecule has 1 aromatic carbocycles. The van der Waals surface area contributed by atoms with Crippen molar-refractivity contribution in [3.8, 4) is 0 Å². The smallest absolute Gasteiger partial charge is 0.0306 e. The van der Waals surface area contributed by atoms with Crippen LogP contribution in [0.3, 0.4) is 0 Å². The van der Waals surface area contributed by atoms with E-state index in [1.54, 1.807) is 22.3 Å². The fraction of sp³-hybridized carbons (Fsp3) is 0.389. The molecule has 2 aromatic rings. The molecule has 1 aliphatic heterocycles. The molecule has 1 N–H and O–H groups in total. The lowest BCUT2D eigenvalue weighted by molar-refractivity contribution is 0.707. The zero-order valence-corrected chi connectivity index (χ0v) is 11.7. The van der Waals surface area contributed by atoms with Crippen molar-refractivity contribution in [2.75, 3.05) is 13.1 Å². The molecular formula is C18H20N2. The van der Waals surface area contributed by atoms with Gasteiger partial charge >= 0.3 is 0 Å². The average molecular weight is 264 g/mol. The summed E-state index contributed by atoms with van der Waals surface area (Å²) in [7, 11) is 0. The monoisotopic (exact) mass is 264 g/mol. The van der Waals surface area contributed by atoms with Crippen molar-refractivity contribution in [1.29, 1.82) is 0 Å². The van der Waals surface area contributed by atoms with Crippen LogP contribution in [0.25, 0.3) is 0 Å². The van der Waals surface area contributed by atoms with Crippen molar-refractivity contribution in [2.45, 2.75) is 31.6 Å². The van der Waals surface area contributed by atoms with Crippen LogP contribution < -0.4 is 5.32 Å². The van der Waals surface area contributed by atoms with E-state index in [1.807, 2.05) is 12.4 Å². The van der Waals surface area contributed by atoms with Crippen LogP contribution in [0.1, 0.15) is 40.2 Å². The lowest BCUT2D eigenvalue weighted by Gasteiger charge is -2.18. The maximum Gasteiger partial charge on any atom is 0.0306 e. The van der Waals surface area contributed by atoms with E-state index in [4.69, 9.17) is 0 Å². The molecule has 102 valence electrons. The van der Waals surface area contributed by atoms with E-state index in [9.17, 15) is 0 Å². The largest absolute Gasteiger partial charge is 0.316 e. The van der Waals surface area contributed by atoms with Gasteiger partial charge in [-0.15, -0.1) is 0 Å². The third kappa shape index (κ3) is 1.95. The van der Waals surface area contributed by atoms with Gasteiger partial charge in [0.1, 0.15) is 0 Å². The second kappa shape index (κ2) is 5.02. The number of hydrogen-bond donors (Lipinski definition) is 1. The van der Waals surface area contributed by atoms with Crippen LogP contribution in [-0.4, -0.2) is 18.1 Å². The highest BCUT2D eigenvalue weighted by Crippen LogP contribution is 2.41. The predicted molar refractivity (Wildman–Crippen MR) is 81.1 cm³/mol. The number of benzene rings is 1. The van der Waals surface area contributed by atoms with E-state index in [2.05, 4.69) is 34.6 Å². The predicted octanol–water partition coefficient (Wildman–Crippen LogP) is 2.85. The maximum absolute atomic E-state index is 4.32. The topological polar surface area (TPSA) is 24.9 Å². The van der Waals surface area contributed by atoms with Gasteiger partial charge in [-0.05, 0) is 72.7 Å². The first-order valence-corrected chi connectivity index (χ1v) is 7.67. The number of nitrogens with zero attached hydrogens (tertiary/aromatic N) is 1. The minimum Gasteiger partial charge on any atom is -0.316 e. The van der Waals surface area contributed by atoms with E-state index < -0.39 is 0 Å². The Morgan fingerprint density at radius 1 is 1.00 bits per heavy atom. The summed E-state index contributed by atoms with van der Waals surface area (Å²) in [5, 5.41) is 3.53. The molecule has 0 saturated carbocycles. The minimum absolute atomic E-state index is 0.562. The van der Waals surface area contributed by atoms with E-state index in [0.29, 0.717) is 5.92 Å². The highest BCUT2D eigenvalue weighted by atomic mass is 14.8. The molecule has 0 fully saturated rings. The van der Waals surface area contributed by atoms with Gasteiger partial charge in [-0.1, -0.05) is 18.2 Å². The Hall–Kier alpha value is -1.67. The number of nitrogens with one attached hydrogen (secondary N) is 1. The third-order valence-corrected chi connectivity index (χ3v) is 4.80. The summed E-state index contributed by atoms with van der Waals surface area (Å²) in [6, 6.07) is 9.04. The molecule has 2 heteroatoms. The first-order chi connectivity index (χ1) is 9.93. The molecule has 1 aliphatic carbocycles. The zero-order valence-electron chi connectivity index (χ0n) is 11.7. The van der Waals surface area contributed by atoms with Gasteiger partial charge in [0.25, 0.3) is 0 Å². The summed E-state index contributed by atoms with van der Waals surface area (Å²) in [5.74, 6) is 0.562. The molecule has 1 atom stereocenters. The van der Waals surface area contributed by atoms with Crippen molar-refractivity contribution in [1.82, 2.24) is 10.3 Å². The fourth-order valence-electron chi connectivity index (χ4n) is 3.86. The summed E-state index contributed by atoms with van der Waals surface area (Å²) in [5.41, 5.74) is 7.76. The molecule has 1 unspecified atom stereocenters. The molecule has 1 aromatic heterocycles. The second-order valence-electron chi connectivity index (χ2n) is 5.90. The molecule has 4 rings (SSSR count). The van der Waals surface area contributed by atoms with E-state index >= 15 is 0 Å². The van der Waals surface area contributed by atoms with Gasteiger partial charge in [0.2, 0.25) is 0 Å². The molecular weight excluding hydrogens is 244 g/mol. The van der Waals surface area contributed by atoms with E-state index in [-0.39, 0.29) is 0 Å². The Kier molecular flexibility index (Phi) is 3.04. The van der Waals surface area contributed by atoms with Crippen LogP contribution in [0.2, 0.25) is 0 Å². The van der Waals surface area contributed by atoms with Gasteiger partial charge in [0.15, 0.2) is 0 Å². The highest BCUT2D eigenvalue weighted by molar-refractivity contribution is 5.50. The Labute approximate surface area is 120 Å². The standard InChI is InChI=1S/C18H20N2/c1-2-15(12-20-9-1)16-6-5-14-4-3-13-7-10-19-11-8-17(13)18(14)16/h1-4,9,12,16,19H,5-8,10-11H2. The lowest BCUT2D eigenvalue weighted by Crippen LogP contribution is -2.16. The van der Waals surface area contributed by atoms with Crippen LogP contribution in [0.5, 0.6) is 0 Å².